The predicted molar refractivity (Wildman–Crippen MR) is 143 cm³/mol. The van der Waals surface area contributed by atoms with E-state index in [1.807, 2.05) is 24.3 Å². The van der Waals surface area contributed by atoms with Gasteiger partial charge >= 0.3 is 6.09 Å². The van der Waals surface area contributed by atoms with Crippen LogP contribution in [-0.4, -0.2) is 70.8 Å². The number of hydrogen-bond acceptors (Lipinski definition) is 8. The van der Waals surface area contributed by atoms with Crippen LogP contribution in [0.15, 0.2) is 48.5 Å². The Bertz CT molecular complexity index is 1090. The summed E-state index contributed by atoms with van der Waals surface area (Å²) in [5.74, 6) is 1.44. The van der Waals surface area contributed by atoms with Crippen LogP contribution in [0.4, 0.5) is 10.5 Å². The summed E-state index contributed by atoms with van der Waals surface area (Å²) in [7, 11) is 1.63. The molecule has 1 unspecified atom stereocenters. The van der Waals surface area contributed by atoms with E-state index in [0.717, 1.165) is 23.5 Å². The number of ether oxygens (including phenoxy) is 2. The van der Waals surface area contributed by atoms with Gasteiger partial charge < -0.3 is 20.1 Å². The van der Waals surface area contributed by atoms with Crippen LogP contribution in [0.3, 0.4) is 0 Å². The van der Waals surface area contributed by atoms with Crippen molar-refractivity contribution in [3.05, 3.63) is 69.8 Å². The van der Waals surface area contributed by atoms with Crippen molar-refractivity contribution in [2.75, 3.05) is 26.7 Å². The first kappa shape index (κ1) is 28.5. The Balaban J connectivity index is 0.00000380. The summed E-state index contributed by atoms with van der Waals surface area (Å²) in [4.78, 5) is 40.0. The second kappa shape index (κ2) is 13.0. The van der Waals surface area contributed by atoms with Crippen molar-refractivity contribution in [3.8, 4) is 5.75 Å². The number of nitro groups is 1. The lowest BCUT2D eigenvalue weighted by atomic mass is 10.2. The number of nitro benzene ring substituents is 1. The number of methoxy groups -OCH3 is 1. The Labute approximate surface area is 226 Å². The molecule has 0 saturated carbocycles. The van der Waals surface area contributed by atoms with Crippen molar-refractivity contribution in [1.82, 2.24) is 9.80 Å². The molecule has 2 aromatic rings. The Hall–Kier alpha value is -3.02. The van der Waals surface area contributed by atoms with Crippen LogP contribution in [0.1, 0.15) is 24.0 Å². The number of non-ortho nitro benzene ring substituents is 1. The molecule has 2 heterocycles. The standard InChI is InChI=1S/C25H30N4O6S.ClH/c1-34-21-8-4-18(5-9-21)16-36-22-12-23(24(30)27-11-10-19(26)13-27)28(14-22)25(31)35-15-17-2-6-20(7-3-17)29(32)33;/h2-9,19,22-23H,10-16,26H2,1H3;1H/t19?,22-,23-;/m0./s1. The monoisotopic (exact) mass is 550 g/mol. The second-order valence-electron chi connectivity index (χ2n) is 9.00. The van der Waals surface area contributed by atoms with E-state index < -0.39 is 17.1 Å². The van der Waals surface area contributed by atoms with Gasteiger partial charge in [0.2, 0.25) is 5.91 Å². The van der Waals surface area contributed by atoms with Gasteiger partial charge in [-0.3, -0.25) is 19.8 Å². The lowest BCUT2D eigenvalue weighted by Crippen LogP contribution is -2.47. The number of amides is 2. The van der Waals surface area contributed by atoms with Crippen molar-refractivity contribution in [2.24, 2.45) is 5.73 Å². The topological polar surface area (TPSA) is 128 Å². The average molecular weight is 551 g/mol. The summed E-state index contributed by atoms with van der Waals surface area (Å²) in [6.07, 6.45) is 0.722. The van der Waals surface area contributed by atoms with E-state index in [2.05, 4.69) is 0 Å². The molecule has 2 amide bonds. The fraction of sp³-hybridized carbons (Fsp3) is 0.440. The minimum Gasteiger partial charge on any atom is -0.497 e. The first-order valence-electron chi connectivity index (χ1n) is 11.8. The lowest BCUT2D eigenvalue weighted by Gasteiger charge is -2.27. The molecule has 37 heavy (non-hydrogen) atoms. The molecule has 4 rings (SSSR count). The maximum Gasteiger partial charge on any atom is 0.410 e. The molecule has 10 nitrogen and oxygen atoms in total. The van der Waals surface area contributed by atoms with Crippen LogP contribution in [0.25, 0.3) is 0 Å². The average Bonchev–Trinajstić information content (AvgIpc) is 3.52. The Morgan fingerprint density at radius 3 is 2.38 bits per heavy atom. The zero-order valence-corrected chi connectivity index (χ0v) is 22.1. The van der Waals surface area contributed by atoms with E-state index in [1.165, 1.54) is 17.0 Å². The van der Waals surface area contributed by atoms with Crippen molar-refractivity contribution >= 4 is 41.9 Å². The summed E-state index contributed by atoms with van der Waals surface area (Å²) in [6.45, 7) is 1.44. The Morgan fingerprint density at radius 2 is 1.78 bits per heavy atom. The van der Waals surface area contributed by atoms with Gasteiger partial charge in [-0.25, -0.2) is 4.79 Å². The largest absolute Gasteiger partial charge is 0.497 e. The van der Waals surface area contributed by atoms with Gasteiger partial charge in [0.15, 0.2) is 0 Å². The molecule has 0 radical (unpaired) electrons. The van der Waals surface area contributed by atoms with Gasteiger partial charge in [-0.1, -0.05) is 12.1 Å². The number of nitrogens with two attached hydrogens (primary N) is 1. The fourth-order valence-electron chi connectivity index (χ4n) is 4.43. The molecule has 2 aliphatic heterocycles. The van der Waals surface area contributed by atoms with Gasteiger partial charge in [0, 0.05) is 48.8 Å². The zero-order chi connectivity index (χ0) is 25.7. The molecular weight excluding hydrogens is 520 g/mol. The number of likely N-dealkylation sites (tertiary alicyclic amines) is 2. The van der Waals surface area contributed by atoms with Crippen molar-refractivity contribution in [3.63, 3.8) is 0 Å². The van der Waals surface area contributed by atoms with E-state index in [4.69, 9.17) is 15.2 Å². The van der Waals surface area contributed by atoms with Gasteiger partial charge in [-0.05, 0) is 48.2 Å². The Morgan fingerprint density at radius 1 is 1.11 bits per heavy atom. The van der Waals surface area contributed by atoms with Gasteiger partial charge in [0.05, 0.1) is 12.0 Å². The van der Waals surface area contributed by atoms with Crippen LogP contribution in [0, 0.1) is 10.1 Å². The smallest absolute Gasteiger partial charge is 0.410 e. The van der Waals surface area contributed by atoms with Crippen LogP contribution in [0.2, 0.25) is 0 Å². The molecule has 200 valence electrons. The second-order valence-corrected chi connectivity index (χ2v) is 10.3. The number of halogens is 1. The third-order valence-electron chi connectivity index (χ3n) is 6.47. The number of thioether (sulfide) groups is 1. The highest BCUT2D eigenvalue weighted by atomic mass is 35.5. The number of nitrogens with zero attached hydrogens (tertiary/aromatic N) is 3. The minimum absolute atomic E-state index is 0. The van der Waals surface area contributed by atoms with E-state index in [1.54, 1.807) is 35.9 Å². The predicted octanol–water partition coefficient (Wildman–Crippen LogP) is 3.60. The summed E-state index contributed by atoms with van der Waals surface area (Å²) in [5, 5.41) is 10.9. The quantitative estimate of drug-likeness (QED) is 0.390. The molecule has 2 saturated heterocycles. The number of rotatable bonds is 8. The molecule has 0 aromatic heterocycles. The molecule has 2 fully saturated rings. The third kappa shape index (κ3) is 7.27. The molecule has 0 bridgehead atoms. The van der Waals surface area contributed by atoms with Gasteiger partial charge in [0.25, 0.3) is 5.69 Å². The maximum absolute atomic E-state index is 13.3. The highest BCUT2D eigenvalue weighted by Crippen LogP contribution is 2.32. The van der Waals surface area contributed by atoms with Gasteiger partial charge in [0.1, 0.15) is 18.4 Å². The highest BCUT2D eigenvalue weighted by molar-refractivity contribution is 7.99. The first-order valence-corrected chi connectivity index (χ1v) is 12.8. The van der Waals surface area contributed by atoms with E-state index in [0.29, 0.717) is 31.6 Å². The van der Waals surface area contributed by atoms with Gasteiger partial charge in [-0.15, -0.1) is 12.4 Å². The number of carbonyl (C=O) groups excluding carboxylic acids is 2. The molecule has 0 aliphatic carbocycles. The van der Waals surface area contributed by atoms with Crippen LogP contribution >= 0.6 is 24.2 Å². The van der Waals surface area contributed by atoms with Crippen molar-refractivity contribution in [2.45, 2.75) is 42.5 Å². The summed E-state index contributed by atoms with van der Waals surface area (Å²) in [5.41, 5.74) is 7.74. The number of carbonyl (C=O) groups is 2. The fourth-order valence-corrected chi connectivity index (χ4v) is 5.63. The lowest BCUT2D eigenvalue weighted by molar-refractivity contribution is -0.384. The van der Waals surface area contributed by atoms with Crippen LogP contribution in [0.5, 0.6) is 5.75 Å². The van der Waals surface area contributed by atoms with E-state index >= 15 is 0 Å². The maximum atomic E-state index is 13.3. The molecule has 0 spiro atoms. The number of benzene rings is 2. The normalized spacial score (nSPS) is 20.9. The highest BCUT2D eigenvalue weighted by Gasteiger charge is 2.43. The molecular formula is C25H31ClN4O6S. The minimum atomic E-state index is -0.604. The first-order chi connectivity index (χ1) is 17.3. The molecule has 3 atom stereocenters. The Kier molecular flexibility index (Phi) is 10.0. The van der Waals surface area contributed by atoms with Crippen molar-refractivity contribution in [1.29, 1.82) is 0 Å². The summed E-state index contributed by atoms with van der Waals surface area (Å²) < 4.78 is 10.7. The van der Waals surface area contributed by atoms with Gasteiger partial charge in [-0.2, -0.15) is 11.8 Å². The van der Waals surface area contributed by atoms with E-state index in [9.17, 15) is 19.7 Å². The molecule has 2 N–H and O–H groups in total. The molecule has 2 aliphatic rings. The summed E-state index contributed by atoms with van der Waals surface area (Å²) >= 11 is 1.71. The van der Waals surface area contributed by atoms with E-state index in [-0.39, 0.29) is 41.9 Å². The number of hydrogen-bond donors (Lipinski definition) is 1. The zero-order valence-electron chi connectivity index (χ0n) is 20.5. The van der Waals surface area contributed by atoms with Crippen molar-refractivity contribution < 1.29 is 24.0 Å². The van der Waals surface area contributed by atoms with Crippen LogP contribution < -0.4 is 10.5 Å². The summed E-state index contributed by atoms with van der Waals surface area (Å²) in [6, 6.07) is 13.0. The molecule has 2 aromatic carbocycles. The SMILES string of the molecule is COc1ccc(CS[C@H]2C[C@@H](C(=O)N3CCC(N)C3)N(C(=O)OCc3ccc([N+](=O)[O-])cc3)C2)cc1.Cl. The van der Waals surface area contributed by atoms with Crippen LogP contribution in [-0.2, 0) is 21.9 Å². The third-order valence-corrected chi connectivity index (χ3v) is 7.79. The molecule has 12 heteroatoms.